The SMILES string of the molecule is CC(C)(C)OC(C)(C)CN. The molecule has 2 heteroatoms. The molecule has 0 saturated carbocycles. The quantitative estimate of drug-likeness (QED) is 0.639. The van der Waals surface area contributed by atoms with E-state index in [4.69, 9.17) is 10.5 Å². The normalized spacial score (nSPS) is 13.8. The van der Waals surface area contributed by atoms with Crippen molar-refractivity contribution in [3.05, 3.63) is 0 Å². The topological polar surface area (TPSA) is 35.2 Å². The van der Waals surface area contributed by atoms with Gasteiger partial charge in [0.1, 0.15) is 0 Å². The number of nitrogens with two attached hydrogens (primary N) is 1. The van der Waals surface area contributed by atoms with Crippen molar-refractivity contribution in [1.29, 1.82) is 0 Å². The van der Waals surface area contributed by atoms with E-state index in [0.717, 1.165) is 0 Å². The third-order valence-electron chi connectivity index (χ3n) is 1.07. The molecule has 0 bridgehead atoms. The van der Waals surface area contributed by atoms with Gasteiger partial charge in [-0.15, -0.1) is 0 Å². The molecule has 2 nitrogen and oxygen atoms in total. The van der Waals surface area contributed by atoms with Crippen LogP contribution in [0.15, 0.2) is 0 Å². The number of hydrogen-bond acceptors (Lipinski definition) is 2. The lowest BCUT2D eigenvalue weighted by atomic mass is 10.1. The van der Waals surface area contributed by atoms with Gasteiger partial charge in [-0.05, 0) is 34.6 Å². The van der Waals surface area contributed by atoms with Crippen LogP contribution in [0.5, 0.6) is 0 Å². The van der Waals surface area contributed by atoms with Gasteiger partial charge in [0.05, 0.1) is 11.2 Å². The van der Waals surface area contributed by atoms with Crippen molar-refractivity contribution in [2.45, 2.75) is 45.8 Å². The van der Waals surface area contributed by atoms with E-state index in [9.17, 15) is 0 Å². The third-order valence-corrected chi connectivity index (χ3v) is 1.07. The molecular weight excluding hydrogens is 126 g/mol. The molecule has 0 radical (unpaired) electrons. The van der Waals surface area contributed by atoms with Crippen LogP contribution in [-0.4, -0.2) is 17.7 Å². The maximum Gasteiger partial charge on any atom is 0.0755 e. The summed E-state index contributed by atoms with van der Waals surface area (Å²) in [5, 5.41) is 0. The second-order valence-electron chi connectivity index (χ2n) is 4.18. The predicted octanol–water partition coefficient (Wildman–Crippen LogP) is 1.54. The smallest absolute Gasteiger partial charge is 0.0755 e. The molecule has 0 saturated heterocycles. The Hall–Kier alpha value is -0.0800. The maximum atomic E-state index is 5.65. The average molecular weight is 145 g/mol. The first-order valence-electron chi connectivity index (χ1n) is 3.67. The van der Waals surface area contributed by atoms with E-state index in [2.05, 4.69) is 0 Å². The van der Waals surface area contributed by atoms with Gasteiger partial charge in [0.2, 0.25) is 0 Å². The zero-order chi connectivity index (χ0) is 8.41. The highest BCUT2D eigenvalue weighted by atomic mass is 16.5. The van der Waals surface area contributed by atoms with Crippen LogP contribution in [0.1, 0.15) is 34.6 Å². The molecule has 0 aliphatic carbocycles. The van der Waals surface area contributed by atoms with Crippen molar-refractivity contribution in [3.63, 3.8) is 0 Å². The third kappa shape index (κ3) is 4.77. The molecule has 2 N–H and O–H groups in total. The molecule has 10 heavy (non-hydrogen) atoms. The van der Waals surface area contributed by atoms with Crippen LogP contribution in [-0.2, 0) is 4.74 Å². The Balaban J connectivity index is 3.89. The van der Waals surface area contributed by atoms with Gasteiger partial charge in [-0.2, -0.15) is 0 Å². The van der Waals surface area contributed by atoms with Crippen LogP contribution in [0.25, 0.3) is 0 Å². The first kappa shape index (κ1) is 9.92. The Morgan fingerprint density at radius 2 is 1.50 bits per heavy atom. The zero-order valence-corrected chi connectivity index (χ0v) is 7.69. The second kappa shape index (κ2) is 2.89. The van der Waals surface area contributed by atoms with E-state index in [1.807, 2.05) is 34.6 Å². The van der Waals surface area contributed by atoms with Crippen LogP contribution in [0.4, 0.5) is 0 Å². The Bertz CT molecular complexity index is 102. The van der Waals surface area contributed by atoms with Crippen LogP contribution in [0, 0.1) is 0 Å². The van der Waals surface area contributed by atoms with Gasteiger partial charge in [0, 0.05) is 6.54 Å². The minimum Gasteiger partial charge on any atom is -0.369 e. The fourth-order valence-corrected chi connectivity index (χ4v) is 0.871. The highest BCUT2D eigenvalue weighted by Crippen LogP contribution is 2.17. The molecular formula is C8H19NO. The van der Waals surface area contributed by atoms with Gasteiger partial charge >= 0.3 is 0 Å². The Morgan fingerprint density at radius 1 is 1.10 bits per heavy atom. The highest BCUT2D eigenvalue weighted by Gasteiger charge is 2.23. The monoisotopic (exact) mass is 145 g/mol. The summed E-state index contributed by atoms with van der Waals surface area (Å²) in [6.07, 6.45) is 0. The maximum absolute atomic E-state index is 5.65. The zero-order valence-electron chi connectivity index (χ0n) is 7.69. The van der Waals surface area contributed by atoms with E-state index >= 15 is 0 Å². The van der Waals surface area contributed by atoms with Crippen LogP contribution < -0.4 is 5.73 Å². The Morgan fingerprint density at radius 3 is 1.60 bits per heavy atom. The van der Waals surface area contributed by atoms with E-state index in [-0.39, 0.29) is 11.2 Å². The van der Waals surface area contributed by atoms with Gasteiger partial charge in [0.15, 0.2) is 0 Å². The minimum atomic E-state index is -0.196. The van der Waals surface area contributed by atoms with Crippen molar-refractivity contribution < 1.29 is 4.74 Å². The molecule has 0 rings (SSSR count). The number of hydrogen-bond donors (Lipinski definition) is 1. The molecule has 0 amide bonds. The summed E-state index contributed by atoms with van der Waals surface area (Å²) >= 11 is 0. The first-order valence-corrected chi connectivity index (χ1v) is 3.67. The summed E-state index contributed by atoms with van der Waals surface area (Å²) in [7, 11) is 0. The molecule has 0 unspecified atom stereocenters. The lowest BCUT2D eigenvalue weighted by Gasteiger charge is -2.32. The first-order chi connectivity index (χ1) is 4.27. The van der Waals surface area contributed by atoms with Crippen LogP contribution >= 0.6 is 0 Å². The summed E-state index contributed by atoms with van der Waals surface area (Å²) in [5.41, 5.74) is 5.20. The van der Waals surface area contributed by atoms with Gasteiger partial charge < -0.3 is 10.5 Å². The van der Waals surface area contributed by atoms with E-state index in [0.29, 0.717) is 6.54 Å². The highest BCUT2D eigenvalue weighted by molar-refractivity contribution is 4.74. The second-order valence-corrected chi connectivity index (χ2v) is 4.18. The van der Waals surface area contributed by atoms with Crippen molar-refractivity contribution in [2.24, 2.45) is 5.73 Å². The van der Waals surface area contributed by atoms with Crippen molar-refractivity contribution in [3.8, 4) is 0 Å². The Labute approximate surface area is 63.7 Å². The molecule has 0 atom stereocenters. The van der Waals surface area contributed by atoms with Crippen LogP contribution in [0.3, 0.4) is 0 Å². The van der Waals surface area contributed by atoms with E-state index < -0.39 is 0 Å². The van der Waals surface area contributed by atoms with Crippen molar-refractivity contribution >= 4 is 0 Å². The summed E-state index contributed by atoms with van der Waals surface area (Å²) in [6, 6.07) is 0. The molecule has 0 aromatic rings. The van der Waals surface area contributed by atoms with Gasteiger partial charge in [0.25, 0.3) is 0 Å². The molecule has 62 valence electrons. The molecule has 0 spiro atoms. The molecule has 0 heterocycles. The van der Waals surface area contributed by atoms with E-state index in [1.54, 1.807) is 0 Å². The van der Waals surface area contributed by atoms with Gasteiger partial charge in [-0.25, -0.2) is 0 Å². The molecule has 0 fully saturated rings. The molecule has 0 aromatic heterocycles. The largest absolute Gasteiger partial charge is 0.369 e. The fraction of sp³-hybridized carbons (Fsp3) is 1.00. The molecule has 0 aromatic carbocycles. The summed E-state index contributed by atoms with van der Waals surface area (Å²) in [6.45, 7) is 10.7. The summed E-state index contributed by atoms with van der Waals surface area (Å²) < 4.78 is 5.65. The van der Waals surface area contributed by atoms with E-state index in [1.165, 1.54) is 0 Å². The number of ether oxygens (including phenoxy) is 1. The standard InChI is InChI=1S/C8H19NO/c1-7(2,3)10-8(4,5)6-9/h6,9H2,1-5H3. The summed E-state index contributed by atoms with van der Waals surface area (Å²) in [4.78, 5) is 0. The van der Waals surface area contributed by atoms with Crippen molar-refractivity contribution in [1.82, 2.24) is 0 Å². The fourth-order valence-electron chi connectivity index (χ4n) is 0.871. The predicted molar refractivity (Wildman–Crippen MR) is 44.0 cm³/mol. The lowest BCUT2D eigenvalue weighted by Crippen LogP contribution is -2.40. The van der Waals surface area contributed by atoms with Crippen LogP contribution in [0.2, 0.25) is 0 Å². The van der Waals surface area contributed by atoms with Crippen molar-refractivity contribution in [2.75, 3.05) is 6.54 Å². The molecule has 0 aliphatic rings. The van der Waals surface area contributed by atoms with Gasteiger partial charge in [-0.1, -0.05) is 0 Å². The minimum absolute atomic E-state index is 0.0944. The van der Waals surface area contributed by atoms with Gasteiger partial charge in [-0.3, -0.25) is 0 Å². The summed E-state index contributed by atoms with van der Waals surface area (Å²) in [5.74, 6) is 0. The lowest BCUT2D eigenvalue weighted by molar-refractivity contribution is -0.106. The average Bonchev–Trinajstić information content (AvgIpc) is 1.60. The number of rotatable bonds is 2. The Kier molecular flexibility index (Phi) is 2.86. The molecule has 0 aliphatic heterocycles.